The summed E-state index contributed by atoms with van der Waals surface area (Å²) >= 11 is 11.2. The topological polar surface area (TPSA) is 55.0 Å². The van der Waals surface area contributed by atoms with E-state index in [1.54, 1.807) is 24.3 Å². The summed E-state index contributed by atoms with van der Waals surface area (Å²) in [5.41, 5.74) is 0. The van der Waals surface area contributed by atoms with E-state index in [4.69, 9.17) is 27.9 Å². The maximum atomic E-state index is 11.5. The van der Waals surface area contributed by atoms with E-state index in [0.29, 0.717) is 5.75 Å². The first-order valence-corrected chi connectivity index (χ1v) is 5.10. The molecular weight excluding hydrogens is 251 g/mol. The van der Waals surface area contributed by atoms with Gasteiger partial charge in [0.2, 0.25) is 5.82 Å². The zero-order valence-electron chi connectivity index (χ0n) is 7.91. The summed E-state index contributed by atoms with van der Waals surface area (Å²) in [7, 11) is 0. The Morgan fingerprint density at radius 1 is 1.25 bits per heavy atom. The Hall–Kier alpha value is -1.52. The molecule has 82 valence electrons. The van der Waals surface area contributed by atoms with Gasteiger partial charge in [0.05, 0.1) is 0 Å². The smallest absolute Gasteiger partial charge is 0.379 e. The number of aromatic amines is 1. The average Bonchev–Trinajstić information content (AvgIpc) is 2.61. The van der Waals surface area contributed by atoms with Crippen molar-refractivity contribution in [1.29, 1.82) is 0 Å². The number of carbonyl (C=O) groups is 1. The predicted octanol–water partition coefficient (Wildman–Crippen LogP) is 2.94. The lowest BCUT2D eigenvalue weighted by Gasteiger charge is -2.00. The van der Waals surface area contributed by atoms with Crippen LogP contribution >= 0.6 is 23.2 Å². The molecule has 0 aliphatic rings. The highest BCUT2D eigenvalue weighted by molar-refractivity contribution is 6.40. The summed E-state index contributed by atoms with van der Waals surface area (Å²) in [5.74, 6) is -0.241. The number of H-pyrrole nitrogens is 1. The summed E-state index contributed by atoms with van der Waals surface area (Å²) in [6.45, 7) is 0. The molecule has 0 saturated heterocycles. The van der Waals surface area contributed by atoms with Crippen LogP contribution in [0.2, 0.25) is 10.3 Å². The first kappa shape index (κ1) is 11.0. The Bertz CT molecular complexity index is 491. The van der Waals surface area contributed by atoms with Crippen molar-refractivity contribution < 1.29 is 9.53 Å². The first-order chi connectivity index (χ1) is 7.66. The molecule has 1 N–H and O–H groups in total. The summed E-state index contributed by atoms with van der Waals surface area (Å²) in [5, 5.41) is 0.156. The maximum Gasteiger partial charge on any atom is 0.379 e. The van der Waals surface area contributed by atoms with Crippen molar-refractivity contribution in [3.8, 4) is 5.75 Å². The van der Waals surface area contributed by atoms with Crippen molar-refractivity contribution in [2.45, 2.75) is 0 Å². The molecule has 0 spiro atoms. The molecule has 0 fully saturated rings. The van der Waals surface area contributed by atoms with Crippen LogP contribution in [0.1, 0.15) is 10.6 Å². The van der Waals surface area contributed by atoms with Gasteiger partial charge in [-0.2, -0.15) is 0 Å². The third-order valence-corrected chi connectivity index (χ3v) is 2.41. The molecule has 1 aromatic carbocycles. The van der Waals surface area contributed by atoms with E-state index < -0.39 is 5.97 Å². The maximum absolute atomic E-state index is 11.5. The number of halogens is 2. The minimum atomic E-state index is -0.639. The summed E-state index contributed by atoms with van der Waals surface area (Å²) in [6, 6.07) is 8.64. The molecule has 2 aromatic rings. The highest BCUT2D eigenvalue weighted by atomic mass is 35.5. The number of rotatable bonds is 2. The normalized spacial score (nSPS) is 10.1. The number of benzene rings is 1. The second-order valence-corrected chi connectivity index (χ2v) is 3.63. The fraction of sp³-hybridized carbons (Fsp3) is 0. The van der Waals surface area contributed by atoms with Crippen LogP contribution in [0, 0.1) is 0 Å². The number of para-hydroxylation sites is 1. The molecule has 16 heavy (non-hydrogen) atoms. The van der Waals surface area contributed by atoms with E-state index in [1.807, 2.05) is 6.07 Å². The van der Waals surface area contributed by atoms with Crippen LogP contribution in [0.3, 0.4) is 0 Å². The van der Waals surface area contributed by atoms with Gasteiger partial charge in [0.15, 0.2) is 5.15 Å². The van der Waals surface area contributed by atoms with Gasteiger partial charge in [-0.3, -0.25) is 0 Å². The van der Waals surface area contributed by atoms with E-state index >= 15 is 0 Å². The number of nitrogens with zero attached hydrogens (tertiary/aromatic N) is 1. The summed E-state index contributed by atoms with van der Waals surface area (Å²) < 4.78 is 5.02. The molecule has 4 nitrogen and oxygen atoms in total. The standard InChI is InChI=1S/C10H6Cl2N2O2/c11-7-8(12)14-9(13-7)10(15)16-6-4-2-1-3-5-6/h1-5H,(H,13,14). The minimum Gasteiger partial charge on any atom is -0.421 e. The Balaban J connectivity index is 2.15. The van der Waals surface area contributed by atoms with Gasteiger partial charge in [-0.15, -0.1) is 0 Å². The van der Waals surface area contributed by atoms with Crippen LogP contribution in [-0.2, 0) is 0 Å². The molecule has 0 aliphatic heterocycles. The molecule has 0 aliphatic carbocycles. The molecule has 0 bridgehead atoms. The van der Waals surface area contributed by atoms with Crippen LogP contribution in [0.5, 0.6) is 5.75 Å². The van der Waals surface area contributed by atoms with E-state index in [1.165, 1.54) is 0 Å². The van der Waals surface area contributed by atoms with E-state index in [9.17, 15) is 4.79 Å². The second-order valence-electron chi connectivity index (χ2n) is 2.89. The van der Waals surface area contributed by atoms with Gasteiger partial charge >= 0.3 is 5.97 Å². The van der Waals surface area contributed by atoms with Crippen molar-refractivity contribution in [3.63, 3.8) is 0 Å². The number of hydrogen-bond donors (Lipinski definition) is 1. The molecule has 0 radical (unpaired) electrons. The molecule has 6 heteroatoms. The van der Waals surface area contributed by atoms with Gasteiger partial charge in [-0.25, -0.2) is 9.78 Å². The van der Waals surface area contributed by atoms with Crippen LogP contribution in [0.25, 0.3) is 0 Å². The third kappa shape index (κ3) is 2.35. The Morgan fingerprint density at radius 2 is 1.94 bits per heavy atom. The number of ether oxygens (including phenoxy) is 1. The van der Waals surface area contributed by atoms with Crippen LogP contribution in [0.4, 0.5) is 0 Å². The lowest BCUT2D eigenvalue weighted by Crippen LogP contribution is -2.10. The van der Waals surface area contributed by atoms with E-state index in [0.717, 1.165) is 0 Å². The molecule has 0 atom stereocenters. The highest BCUT2D eigenvalue weighted by Gasteiger charge is 2.15. The number of imidazole rings is 1. The Labute approximate surface area is 101 Å². The predicted molar refractivity (Wildman–Crippen MR) is 60.0 cm³/mol. The second kappa shape index (κ2) is 4.55. The van der Waals surface area contributed by atoms with Crippen molar-refractivity contribution in [2.75, 3.05) is 0 Å². The first-order valence-electron chi connectivity index (χ1n) is 4.35. The molecule has 1 aromatic heterocycles. The van der Waals surface area contributed by atoms with Crippen molar-refractivity contribution in [2.24, 2.45) is 0 Å². The lowest BCUT2D eigenvalue weighted by molar-refractivity contribution is 0.0723. The zero-order valence-corrected chi connectivity index (χ0v) is 9.42. The summed E-state index contributed by atoms with van der Waals surface area (Å²) in [6.07, 6.45) is 0. The number of hydrogen-bond acceptors (Lipinski definition) is 3. The fourth-order valence-corrected chi connectivity index (χ4v) is 1.33. The molecule has 1 heterocycles. The number of nitrogens with one attached hydrogen (secondary N) is 1. The minimum absolute atomic E-state index is 0.0288. The monoisotopic (exact) mass is 256 g/mol. The van der Waals surface area contributed by atoms with Gasteiger partial charge in [0.25, 0.3) is 0 Å². The van der Waals surface area contributed by atoms with E-state index in [2.05, 4.69) is 9.97 Å². The molecule has 0 amide bonds. The van der Waals surface area contributed by atoms with Gasteiger partial charge in [-0.1, -0.05) is 41.4 Å². The molecular formula is C10H6Cl2N2O2. The van der Waals surface area contributed by atoms with Crippen molar-refractivity contribution in [3.05, 3.63) is 46.5 Å². The Morgan fingerprint density at radius 3 is 2.50 bits per heavy atom. The fourth-order valence-electron chi connectivity index (χ4n) is 1.07. The quantitative estimate of drug-likeness (QED) is 0.664. The zero-order chi connectivity index (χ0) is 11.5. The van der Waals surface area contributed by atoms with Crippen molar-refractivity contribution >= 4 is 29.2 Å². The van der Waals surface area contributed by atoms with Crippen LogP contribution in [0.15, 0.2) is 30.3 Å². The number of aromatic nitrogens is 2. The Kier molecular flexibility index (Phi) is 3.12. The average molecular weight is 257 g/mol. The van der Waals surface area contributed by atoms with Gasteiger partial charge in [0.1, 0.15) is 10.9 Å². The van der Waals surface area contributed by atoms with Gasteiger partial charge in [-0.05, 0) is 12.1 Å². The van der Waals surface area contributed by atoms with Crippen molar-refractivity contribution in [1.82, 2.24) is 9.97 Å². The number of esters is 1. The highest BCUT2D eigenvalue weighted by Crippen LogP contribution is 2.19. The SMILES string of the molecule is O=C(Oc1ccccc1)c1nc(Cl)c(Cl)[nH]1. The number of carbonyl (C=O) groups excluding carboxylic acids is 1. The van der Waals surface area contributed by atoms with E-state index in [-0.39, 0.29) is 16.1 Å². The van der Waals surface area contributed by atoms with Gasteiger partial charge < -0.3 is 9.72 Å². The van der Waals surface area contributed by atoms with Crippen LogP contribution in [-0.4, -0.2) is 15.9 Å². The van der Waals surface area contributed by atoms with Gasteiger partial charge in [0, 0.05) is 0 Å². The largest absolute Gasteiger partial charge is 0.421 e. The molecule has 0 saturated carbocycles. The molecule has 0 unspecified atom stereocenters. The third-order valence-electron chi connectivity index (χ3n) is 1.77. The lowest BCUT2D eigenvalue weighted by atomic mass is 10.3. The molecule has 2 rings (SSSR count). The van der Waals surface area contributed by atoms with Crippen LogP contribution < -0.4 is 4.74 Å². The summed E-state index contributed by atoms with van der Waals surface area (Å²) in [4.78, 5) is 17.8.